The molecule has 162 valence electrons. The van der Waals surface area contributed by atoms with E-state index in [9.17, 15) is 4.79 Å². The molecule has 0 bridgehead atoms. The second-order valence-corrected chi connectivity index (χ2v) is 7.46. The van der Waals surface area contributed by atoms with Crippen molar-refractivity contribution in [3.63, 3.8) is 0 Å². The average Bonchev–Trinajstić information content (AvgIpc) is 3.44. The number of rotatable bonds is 6. The second-order valence-electron chi connectivity index (χ2n) is 7.46. The summed E-state index contributed by atoms with van der Waals surface area (Å²) in [6.45, 7) is 0. The fourth-order valence-corrected chi connectivity index (χ4v) is 3.52. The zero-order valence-electron chi connectivity index (χ0n) is 17.9. The molecular weight excluding hydrogens is 414 g/mol. The first-order chi connectivity index (χ1) is 16.2. The van der Waals surface area contributed by atoms with Gasteiger partial charge in [-0.1, -0.05) is 12.1 Å². The van der Waals surface area contributed by atoms with Crippen LogP contribution in [0, 0.1) is 0 Å². The van der Waals surface area contributed by atoms with Crippen LogP contribution in [0.25, 0.3) is 23.1 Å². The predicted molar refractivity (Wildman–Crippen MR) is 130 cm³/mol. The highest BCUT2D eigenvalue weighted by Gasteiger charge is 2.10. The lowest BCUT2D eigenvalue weighted by molar-refractivity contribution is 0.101. The summed E-state index contributed by atoms with van der Waals surface area (Å²) in [6, 6.07) is 21.0. The molecular formula is C25H21N7O. The van der Waals surface area contributed by atoms with E-state index in [0.717, 1.165) is 33.7 Å². The van der Waals surface area contributed by atoms with Gasteiger partial charge in [-0.3, -0.25) is 19.6 Å². The molecule has 3 N–H and O–H groups in total. The lowest BCUT2D eigenvalue weighted by Gasteiger charge is -2.10. The van der Waals surface area contributed by atoms with E-state index in [4.69, 9.17) is 0 Å². The van der Waals surface area contributed by atoms with Crippen molar-refractivity contribution in [1.82, 2.24) is 25.0 Å². The summed E-state index contributed by atoms with van der Waals surface area (Å²) >= 11 is 0. The zero-order valence-corrected chi connectivity index (χ0v) is 17.9. The number of aromatic amines is 1. The number of carbonyl (C=O) groups excluding carboxylic acids is 1. The number of anilines is 3. The minimum atomic E-state index is -0.211. The van der Waals surface area contributed by atoms with E-state index in [1.54, 1.807) is 25.5 Å². The van der Waals surface area contributed by atoms with E-state index in [2.05, 4.69) is 30.9 Å². The van der Waals surface area contributed by atoms with Gasteiger partial charge in [0.1, 0.15) is 5.69 Å². The van der Waals surface area contributed by atoms with Crippen LogP contribution in [0.3, 0.4) is 0 Å². The first-order valence-electron chi connectivity index (χ1n) is 10.4. The summed E-state index contributed by atoms with van der Waals surface area (Å²) < 4.78 is 1.54. The Labute approximate surface area is 190 Å². The third-order valence-corrected chi connectivity index (χ3v) is 5.15. The number of fused-ring (bicyclic) bond motifs is 1. The summed E-state index contributed by atoms with van der Waals surface area (Å²) in [5, 5.41) is 18.8. The number of nitrogens with one attached hydrogen (secondary N) is 3. The zero-order chi connectivity index (χ0) is 22.6. The number of H-pyrrole nitrogens is 1. The first kappa shape index (κ1) is 20.2. The Morgan fingerprint density at radius 3 is 2.64 bits per heavy atom. The van der Waals surface area contributed by atoms with Crippen LogP contribution >= 0.6 is 0 Å². The molecule has 2 aromatic carbocycles. The topological polar surface area (TPSA) is 101 Å². The maximum atomic E-state index is 12.4. The predicted octanol–water partition coefficient (Wildman–Crippen LogP) is 4.86. The summed E-state index contributed by atoms with van der Waals surface area (Å²) in [5.74, 6) is -0.211. The Kier molecular flexibility index (Phi) is 5.38. The summed E-state index contributed by atoms with van der Waals surface area (Å²) in [7, 11) is 1.73. The molecule has 0 aliphatic rings. The summed E-state index contributed by atoms with van der Waals surface area (Å²) in [6.07, 6.45) is 7.24. The minimum Gasteiger partial charge on any atom is -0.355 e. The van der Waals surface area contributed by atoms with Crippen molar-refractivity contribution >= 4 is 46.0 Å². The molecule has 0 saturated carbocycles. The van der Waals surface area contributed by atoms with Crippen LogP contribution in [0.4, 0.5) is 17.1 Å². The van der Waals surface area contributed by atoms with Crippen molar-refractivity contribution in [1.29, 1.82) is 0 Å². The molecule has 0 atom stereocenters. The van der Waals surface area contributed by atoms with Gasteiger partial charge in [-0.2, -0.15) is 10.2 Å². The minimum absolute atomic E-state index is 0.211. The van der Waals surface area contributed by atoms with Crippen LogP contribution < -0.4 is 10.6 Å². The fraction of sp³-hybridized carbons (Fsp3) is 0.0400. The average molecular weight is 435 g/mol. The molecule has 3 heterocycles. The maximum absolute atomic E-state index is 12.4. The van der Waals surface area contributed by atoms with Gasteiger partial charge in [-0.15, -0.1) is 0 Å². The molecule has 1 amide bonds. The number of aryl methyl sites for hydroxylation is 1. The molecule has 0 radical (unpaired) electrons. The lowest BCUT2D eigenvalue weighted by Crippen LogP contribution is -2.16. The largest absolute Gasteiger partial charge is 0.355 e. The van der Waals surface area contributed by atoms with E-state index in [1.165, 1.54) is 4.68 Å². The standard InChI is InChI=1S/C25H21N7O/c1-32-24(12-14-27-32)25(33)29-19-7-4-6-18(15-19)28-20-8-10-21-22(30-31-23(21)16-20)11-9-17-5-2-3-13-26-17/h2-16,28H,1H3,(H,29,33)(H,30,31). The molecule has 0 aliphatic heterocycles. The summed E-state index contributed by atoms with van der Waals surface area (Å²) in [5.41, 5.74) is 5.58. The fourth-order valence-electron chi connectivity index (χ4n) is 3.52. The van der Waals surface area contributed by atoms with E-state index < -0.39 is 0 Å². The molecule has 0 unspecified atom stereocenters. The van der Waals surface area contributed by atoms with Gasteiger partial charge in [0.05, 0.1) is 16.9 Å². The monoisotopic (exact) mass is 435 g/mol. The van der Waals surface area contributed by atoms with E-state index >= 15 is 0 Å². The molecule has 5 aromatic rings. The molecule has 5 rings (SSSR count). The highest BCUT2D eigenvalue weighted by Crippen LogP contribution is 2.25. The normalized spacial score (nSPS) is 11.2. The Hall–Kier alpha value is -4.72. The van der Waals surface area contributed by atoms with Crippen molar-refractivity contribution in [2.24, 2.45) is 7.05 Å². The van der Waals surface area contributed by atoms with Crippen LogP contribution in [0.2, 0.25) is 0 Å². The van der Waals surface area contributed by atoms with Crippen LogP contribution in [-0.4, -0.2) is 30.9 Å². The molecule has 3 aromatic heterocycles. The van der Waals surface area contributed by atoms with E-state index in [1.807, 2.05) is 72.8 Å². The van der Waals surface area contributed by atoms with E-state index in [-0.39, 0.29) is 5.91 Å². The van der Waals surface area contributed by atoms with Crippen molar-refractivity contribution in [3.05, 3.63) is 96.2 Å². The third kappa shape index (κ3) is 4.49. The van der Waals surface area contributed by atoms with Gasteiger partial charge in [-0.25, -0.2) is 0 Å². The Bertz CT molecular complexity index is 1450. The van der Waals surface area contributed by atoms with Gasteiger partial charge >= 0.3 is 0 Å². The first-order valence-corrected chi connectivity index (χ1v) is 10.4. The van der Waals surface area contributed by atoms with E-state index in [0.29, 0.717) is 11.4 Å². The molecule has 8 nitrogen and oxygen atoms in total. The van der Waals surface area contributed by atoms with Crippen molar-refractivity contribution in [3.8, 4) is 0 Å². The van der Waals surface area contributed by atoms with Crippen LogP contribution in [0.5, 0.6) is 0 Å². The number of hydrogen-bond donors (Lipinski definition) is 3. The smallest absolute Gasteiger partial charge is 0.273 e. The SMILES string of the molecule is Cn1nccc1C(=O)Nc1cccc(Nc2ccc3c(C=Cc4ccccn4)n[nH]c3c2)c1. The van der Waals surface area contributed by atoms with Gasteiger partial charge in [0.2, 0.25) is 0 Å². The van der Waals surface area contributed by atoms with Crippen molar-refractivity contribution in [2.45, 2.75) is 0 Å². The van der Waals surface area contributed by atoms with Crippen molar-refractivity contribution in [2.75, 3.05) is 10.6 Å². The molecule has 0 aliphatic carbocycles. The second kappa shape index (κ2) is 8.80. The molecule has 33 heavy (non-hydrogen) atoms. The Morgan fingerprint density at radius 1 is 0.939 bits per heavy atom. The van der Waals surface area contributed by atoms with Crippen LogP contribution in [0.15, 0.2) is 79.1 Å². The Morgan fingerprint density at radius 2 is 1.82 bits per heavy atom. The van der Waals surface area contributed by atoms with Gasteiger partial charge in [0, 0.05) is 41.9 Å². The molecule has 0 fully saturated rings. The van der Waals surface area contributed by atoms with Gasteiger partial charge in [0.25, 0.3) is 5.91 Å². The highest BCUT2D eigenvalue weighted by molar-refractivity contribution is 6.03. The van der Waals surface area contributed by atoms with Gasteiger partial charge in [-0.05, 0) is 66.7 Å². The number of nitrogens with zero attached hydrogens (tertiary/aromatic N) is 4. The maximum Gasteiger partial charge on any atom is 0.273 e. The highest BCUT2D eigenvalue weighted by atomic mass is 16.2. The van der Waals surface area contributed by atoms with Gasteiger partial charge < -0.3 is 10.6 Å². The summed E-state index contributed by atoms with van der Waals surface area (Å²) in [4.78, 5) is 16.7. The quantitative estimate of drug-likeness (QED) is 0.354. The number of hydrogen-bond acceptors (Lipinski definition) is 5. The van der Waals surface area contributed by atoms with Crippen LogP contribution in [0.1, 0.15) is 21.9 Å². The number of pyridine rings is 1. The number of amides is 1. The molecule has 0 spiro atoms. The number of benzene rings is 2. The van der Waals surface area contributed by atoms with Gasteiger partial charge in [0.15, 0.2) is 0 Å². The van der Waals surface area contributed by atoms with Crippen molar-refractivity contribution < 1.29 is 4.79 Å². The third-order valence-electron chi connectivity index (χ3n) is 5.15. The molecule has 0 saturated heterocycles. The lowest BCUT2D eigenvalue weighted by atomic mass is 10.1. The Balaban J connectivity index is 1.31. The van der Waals surface area contributed by atoms with Crippen LogP contribution in [-0.2, 0) is 7.05 Å². The number of aromatic nitrogens is 5. The number of carbonyl (C=O) groups is 1. The molecule has 8 heteroatoms.